The summed E-state index contributed by atoms with van der Waals surface area (Å²) in [7, 11) is 0. The average Bonchev–Trinajstić information content (AvgIpc) is 2.78. The van der Waals surface area contributed by atoms with Crippen molar-refractivity contribution in [2.45, 2.75) is 12.4 Å². The second kappa shape index (κ2) is 10.8. The molecule has 0 aromatic carbocycles. The normalized spacial score (nSPS) is 16.8. The number of urea groups is 1. The van der Waals surface area contributed by atoms with Gasteiger partial charge in [0.2, 0.25) is 11.8 Å². The number of aromatic nitrogens is 2. The number of amides is 4. The maximum absolute atomic E-state index is 12.7. The minimum absolute atomic E-state index is 0.140. The number of carbonyl (C=O) groups excluding carboxylic acids is 3. The fourth-order valence-corrected chi connectivity index (χ4v) is 3.27. The quantitative estimate of drug-likeness (QED) is 0.198. The fraction of sp³-hybridized carbons (Fsp3) is 0.263. The van der Waals surface area contributed by atoms with E-state index >= 15 is 0 Å². The Balaban J connectivity index is 1.63. The van der Waals surface area contributed by atoms with Crippen molar-refractivity contribution in [2.75, 3.05) is 23.8 Å². The Bertz CT molecular complexity index is 1260. The first-order valence-corrected chi connectivity index (χ1v) is 10.6. The number of alkyl halides is 6. The molecule has 0 bridgehead atoms. The maximum Gasteiger partial charge on any atom is 0.417 e. The van der Waals surface area contributed by atoms with Crippen LogP contribution in [0.4, 0.5) is 42.8 Å². The first-order chi connectivity index (χ1) is 17.2. The minimum Gasteiger partial charge on any atom is -0.367 e. The monoisotopic (exact) mass is 571 g/mol. The molecule has 1 aliphatic rings. The standard InChI is InChI=1S/C19H13Cl2F6N7O3/c20-11-3-8(18(22,23)24)5-29-13(11)28-1-2-34-16(36)10(15(35)32-17(34)37)7-31-33-14-12(21)4-9(6-30-14)19(25,26)27/h3-7,10H,1-2H2,(H,28,29)(H,30,33)(H,32,35,37)/b31-7-/t10-/m1/s1. The molecule has 4 amide bonds. The van der Waals surface area contributed by atoms with Gasteiger partial charge in [0.25, 0.3) is 0 Å². The first-order valence-electron chi connectivity index (χ1n) is 9.83. The third kappa shape index (κ3) is 6.76. The van der Waals surface area contributed by atoms with Gasteiger partial charge in [-0.3, -0.25) is 25.2 Å². The molecule has 0 aliphatic carbocycles. The lowest BCUT2D eigenvalue weighted by atomic mass is 10.1. The average molecular weight is 572 g/mol. The third-order valence-electron chi connectivity index (χ3n) is 4.65. The fourth-order valence-electron chi connectivity index (χ4n) is 2.83. The van der Waals surface area contributed by atoms with Crippen LogP contribution in [0.1, 0.15) is 11.1 Å². The van der Waals surface area contributed by atoms with Gasteiger partial charge in [0, 0.05) is 31.7 Å². The molecule has 0 spiro atoms. The number of rotatable bonds is 7. The molecular weight excluding hydrogens is 559 g/mol. The predicted octanol–water partition coefficient (Wildman–Crippen LogP) is 4.03. The second-order valence-electron chi connectivity index (χ2n) is 7.18. The molecule has 0 unspecified atom stereocenters. The van der Waals surface area contributed by atoms with E-state index in [0.29, 0.717) is 29.4 Å². The highest BCUT2D eigenvalue weighted by Gasteiger charge is 2.39. The van der Waals surface area contributed by atoms with Gasteiger partial charge in [-0.2, -0.15) is 31.4 Å². The summed E-state index contributed by atoms with van der Waals surface area (Å²) in [6, 6.07) is 0.176. The summed E-state index contributed by atoms with van der Waals surface area (Å²) in [5.74, 6) is -4.07. The highest BCUT2D eigenvalue weighted by Crippen LogP contribution is 2.33. The number of barbiturate groups is 1. The van der Waals surface area contributed by atoms with Crippen LogP contribution < -0.4 is 16.1 Å². The number of pyridine rings is 2. The number of imide groups is 2. The van der Waals surface area contributed by atoms with Gasteiger partial charge in [-0.25, -0.2) is 14.8 Å². The zero-order chi connectivity index (χ0) is 27.5. The van der Waals surface area contributed by atoms with Crippen molar-refractivity contribution in [3.63, 3.8) is 0 Å². The molecule has 10 nitrogen and oxygen atoms in total. The largest absolute Gasteiger partial charge is 0.417 e. The zero-order valence-corrected chi connectivity index (χ0v) is 19.4. The van der Waals surface area contributed by atoms with Gasteiger partial charge < -0.3 is 5.32 Å². The van der Waals surface area contributed by atoms with Crippen LogP contribution in [0.25, 0.3) is 0 Å². The van der Waals surface area contributed by atoms with Crippen molar-refractivity contribution >= 4 is 58.9 Å². The van der Waals surface area contributed by atoms with Gasteiger partial charge in [-0.05, 0) is 12.1 Å². The number of hydrogen-bond donors (Lipinski definition) is 3. The van der Waals surface area contributed by atoms with Crippen LogP contribution in [0.5, 0.6) is 0 Å². The molecule has 1 atom stereocenters. The van der Waals surface area contributed by atoms with Crippen molar-refractivity contribution in [1.29, 1.82) is 0 Å². The predicted molar refractivity (Wildman–Crippen MR) is 118 cm³/mol. The lowest BCUT2D eigenvalue weighted by Gasteiger charge is -2.28. The van der Waals surface area contributed by atoms with Gasteiger partial charge >= 0.3 is 18.4 Å². The smallest absolute Gasteiger partial charge is 0.367 e. The molecule has 1 aliphatic heterocycles. The van der Waals surface area contributed by atoms with E-state index in [1.54, 1.807) is 0 Å². The Labute approximate surface area is 213 Å². The Morgan fingerprint density at radius 1 is 0.973 bits per heavy atom. The molecule has 198 valence electrons. The number of nitrogens with one attached hydrogen (secondary N) is 3. The summed E-state index contributed by atoms with van der Waals surface area (Å²) in [5, 5.41) is 7.29. The van der Waals surface area contributed by atoms with E-state index in [9.17, 15) is 40.7 Å². The van der Waals surface area contributed by atoms with E-state index in [-0.39, 0.29) is 29.7 Å². The number of anilines is 2. The van der Waals surface area contributed by atoms with E-state index in [1.807, 2.05) is 5.32 Å². The molecule has 2 aromatic heterocycles. The van der Waals surface area contributed by atoms with Crippen LogP contribution in [0.3, 0.4) is 0 Å². The molecule has 3 rings (SSSR count). The lowest BCUT2D eigenvalue weighted by molar-refractivity contribution is -0.140. The lowest BCUT2D eigenvalue weighted by Crippen LogP contribution is -2.59. The van der Waals surface area contributed by atoms with Gasteiger partial charge in [0.15, 0.2) is 11.7 Å². The number of halogens is 8. The molecule has 1 saturated heterocycles. The van der Waals surface area contributed by atoms with Crippen LogP contribution >= 0.6 is 23.2 Å². The van der Waals surface area contributed by atoms with Crippen molar-refractivity contribution in [1.82, 2.24) is 20.2 Å². The number of hydrogen-bond acceptors (Lipinski definition) is 8. The zero-order valence-electron chi connectivity index (χ0n) is 17.9. The Morgan fingerprint density at radius 3 is 2.03 bits per heavy atom. The Hall–Kier alpha value is -3.66. The van der Waals surface area contributed by atoms with E-state index < -0.39 is 52.3 Å². The molecule has 0 saturated carbocycles. The summed E-state index contributed by atoms with van der Waals surface area (Å²) in [6.45, 7) is -0.542. The molecule has 3 heterocycles. The summed E-state index contributed by atoms with van der Waals surface area (Å²) in [4.78, 5) is 44.5. The topological polar surface area (TPSA) is 129 Å². The summed E-state index contributed by atoms with van der Waals surface area (Å²) >= 11 is 11.5. The SMILES string of the molecule is O=C1NC(=O)N(CCNc2ncc(C(F)(F)F)cc2Cl)C(=O)[C@@H]1/C=N\Nc1ncc(C(F)(F)F)cc1Cl. The third-order valence-corrected chi connectivity index (χ3v) is 5.22. The summed E-state index contributed by atoms with van der Waals surface area (Å²) in [5.41, 5.74) is 0.0196. The van der Waals surface area contributed by atoms with Crippen LogP contribution in [-0.2, 0) is 21.9 Å². The molecule has 3 N–H and O–H groups in total. The van der Waals surface area contributed by atoms with Crippen LogP contribution in [0.2, 0.25) is 10.0 Å². The van der Waals surface area contributed by atoms with E-state index in [4.69, 9.17) is 23.2 Å². The van der Waals surface area contributed by atoms with Crippen molar-refractivity contribution < 1.29 is 40.7 Å². The van der Waals surface area contributed by atoms with Crippen molar-refractivity contribution in [3.8, 4) is 0 Å². The Kier molecular flexibility index (Phi) is 8.12. The van der Waals surface area contributed by atoms with Crippen LogP contribution in [0, 0.1) is 5.92 Å². The van der Waals surface area contributed by atoms with E-state index in [2.05, 4.69) is 25.8 Å². The summed E-state index contributed by atoms with van der Waals surface area (Å²) in [6.07, 6.45) is -7.51. The van der Waals surface area contributed by atoms with E-state index in [1.165, 1.54) is 0 Å². The van der Waals surface area contributed by atoms with Gasteiger partial charge in [0.05, 0.1) is 21.2 Å². The second-order valence-corrected chi connectivity index (χ2v) is 8.00. The van der Waals surface area contributed by atoms with Crippen molar-refractivity contribution in [3.05, 3.63) is 45.7 Å². The first kappa shape index (κ1) is 27.9. The summed E-state index contributed by atoms with van der Waals surface area (Å²) < 4.78 is 76.2. The van der Waals surface area contributed by atoms with Gasteiger partial charge in [-0.15, -0.1) is 0 Å². The molecule has 18 heteroatoms. The number of carbonyl (C=O) groups is 3. The van der Waals surface area contributed by atoms with E-state index in [0.717, 1.165) is 6.21 Å². The van der Waals surface area contributed by atoms with Gasteiger partial charge in [-0.1, -0.05) is 23.2 Å². The minimum atomic E-state index is -4.68. The van der Waals surface area contributed by atoms with Crippen molar-refractivity contribution in [2.24, 2.45) is 11.0 Å². The number of hydrazone groups is 1. The molecule has 2 aromatic rings. The number of nitrogens with zero attached hydrogens (tertiary/aromatic N) is 4. The van der Waals surface area contributed by atoms with Crippen LogP contribution in [0.15, 0.2) is 29.6 Å². The Morgan fingerprint density at radius 2 is 1.51 bits per heavy atom. The molecule has 0 radical (unpaired) electrons. The van der Waals surface area contributed by atoms with Crippen LogP contribution in [-0.4, -0.2) is 52.0 Å². The molecule has 37 heavy (non-hydrogen) atoms. The maximum atomic E-state index is 12.7. The molecule has 1 fully saturated rings. The molecular formula is C19H13Cl2F6N7O3. The highest BCUT2D eigenvalue weighted by atomic mass is 35.5. The highest BCUT2D eigenvalue weighted by molar-refractivity contribution is 6.33. The van der Waals surface area contributed by atoms with Gasteiger partial charge in [0.1, 0.15) is 5.82 Å².